The molecule has 0 spiro atoms. The quantitative estimate of drug-likeness (QED) is 0.208. The highest BCUT2D eigenvalue weighted by Crippen LogP contribution is 2.35. The highest BCUT2D eigenvalue weighted by Gasteiger charge is 2.25. The van der Waals surface area contributed by atoms with Crippen LogP contribution in [0.25, 0.3) is 22.0 Å². The molecule has 194 valence electrons. The molecule has 2 aromatic heterocycles. The van der Waals surface area contributed by atoms with E-state index in [0.717, 1.165) is 45.5 Å². The molecule has 0 amide bonds. The first-order valence-electron chi connectivity index (χ1n) is 12.6. The fourth-order valence-electron chi connectivity index (χ4n) is 4.52. The Bertz CT molecular complexity index is 1580. The van der Waals surface area contributed by atoms with E-state index >= 15 is 4.39 Å². The number of ether oxygens (including phenoxy) is 2. The van der Waals surface area contributed by atoms with Gasteiger partial charge in [0.25, 0.3) is 0 Å². The number of nitrogens with two attached hydrogens (primary N) is 1. The number of benzene rings is 3. The molecule has 2 heterocycles. The van der Waals surface area contributed by atoms with Gasteiger partial charge in [-0.05, 0) is 66.8 Å². The number of imidazole rings is 1. The zero-order valence-corrected chi connectivity index (χ0v) is 21.6. The van der Waals surface area contributed by atoms with Crippen LogP contribution in [0.3, 0.4) is 0 Å². The van der Waals surface area contributed by atoms with Crippen molar-refractivity contribution in [3.8, 4) is 22.8 Å². The van der Waals surface area contributed by atoms with Gasteiger partial charge in [0.2, 0.25) is 0 Å². The van der Waals surface area contributed by atoms with Crippen LogP contribution < -0.4 is 20.5 Å². The molecule has 0 saturated heterocycles. The first-order chi connectivity index (χ1) is 18.5. The van der Waals surface area contributed by atoms with Crippen molar-refractivity contribution in [1.82, 2.24) is 15.0 Å². The van der Waals surface area contributed by atoms with Gasteiger partial charge in [-0.3, -0.25) is 0 Å². The minimum atomic E-state index is -0.628. The van der Waals surface area contributed by atoms with Crippen LogP contribution in [0.4, 0.5) is 15.9 Å². The molecule has 0 aliphatic heterocycles. The van der Waals surface area contributed by atoms with Crippen molar-refractivity contribution >= 4 is 22.3 Å². The van der Waals surface area contributed by atoms with Gasteiger partial charge >= 0.3 is 0 Å². The lowest BCUT2D eigenvalue weighted by atomic mass is 9.99. The van der Waals surface area contributed by atoms with Crippen molar-refractivity contribution < 1.29 is 13.9 Å². The summed E-state index contributed by atoms with van der Waals surface area (Å²) in [7, 11) is 1.63. The number of nitrogens with zero attached hydrogens (tertiary/aromatic N) is 2. The molecule has 8 heteroatoms. The normalized spacial score (nSPS) is 11.9. The number of hydrogen-bond donors (Lipinski definition) is 3. The highest BCUT2D eigenvalue weighted by atomic mass is 19.1. The fraction of sp³-hybridized carbons (Fsp3) is 0.200. The summed E-state index contributed by atoms with van der Waals surface area (Å²) < 4.78 is 26.9. The molecule has 1 atom stereocenters. The monoisotopic (exact) mass is 511 g/mol. The summed E-state index contributed by atoms with van der Waals surface area (Å²) in [6.07, 6.45) is 4.22. The number of pyridine rings is 1. The summed E-state index contributed by atoms with van der Waals surface area (Å²) in [5.74, 6) is 1.56. The Kier molecular flexibility index (Phi) is 7.13. The van der Waals surface area contributed by atoms with Crippen molar-refractivity contribution in [3.05, 3.63) is 95.8 Å². The molecular formula is C30H30FN5O2. The molecular weight excluding hydrogens is 481 g/mol. The Morgan fingerprint density at radius 2 is 1.95 bits per heavy atom. The lowest BCUT2D eigenvalue weighted by molar-refractivity contribution is 0.319. The molecule has 3 aromatic carbocycles. The van der Waals surface area contributed by atoms with Crippen molar-refractivity contribution in [2.45, 2.75) is 26.3 Å². The van der Waals surface area contributed by atoms with Crippen LogP contribution >= 0.6 is 0 Å². The Hall–Kier alpha value is -4.59. The van der Waals surface area contributed by atoms with Gasteiger partial charge in [0.15, 0.2) is 11.6 Å². The Balaban J connectivity index is 1.62. The van der Waals surface area contributed by atoms with Crippen LogP contribution in [0.15, 0.2) is 73.1 Å². The largest absolute Gasteiger partial charge is 0.497 e. The predicted octanol–water partition coefficient (Wildman–Crippen LogP) is 6.52. The molecule has 5 rings (SSSR count). The number of aryl methyl sites for hydroxylation is 1. The van der Waals surface area contributed by atoms with E-state index in [1.165, 1.54) is 0 Å². The van der Waals surface area contributed by atoms with E-state index in [9.17, 15) is 0 Å². The van der Waals surface area contributed by atoms with Gasteiger partial charge < -0.3 is 25.5 Å². The zero-order valence-electron chi connectivity index (χ0n) is 21.6. The van der Waals surface area contributed by atoms with Gasteiger partial charge in [0.05, 0.1) is 19.4 Å². The Labute approximate surface area is 220 Å². The van der Waals surface area contributed by atoms with Gasteiger partial charge in [0, 0.05) is 34.6 Å². The number of rotatable bonds is 9. The fourth-order valence-corrected chi connectivity index (χ4v) is 4.52. The number of H-pyrrole nitrogens is 1. The molecule has 0 radical (unpaired) electrons. The van der Waals surface area contributed by atoms with Crippen LogP contribution in [-0.4, -0.2) is 28.7 Å². The second-order valence-electron chi connectivity index (χ2n) is 8.90. The third-order valence-electron chi connectivity index (χ3n) is 6.49. The first-order valence-corrected chi connectivity index (χ1v) is 12.6. The average Bonchev–Trinajstić information content (AvgIpc) is 3.43. The summed E-state index contributed by atoms with van der Waals surface area (Å²) in [5.41, 5.74) is 9.84. The lowest BCUT2D eigenvalue weighted by Gasteiger charge is -2.22. The van der Waals surface area contributed by atoms with E-state index in [-0.39, 0.29) is 5.75 Å². The van der Waals surface area contributed by atoms with Gasteiger partial charge in [-0.25, -0.2) is 14.4 Å². The SMILES string of the molecule is CCOc1cc(CC)cc(C(Nc2ccc3c(N)nccc3c2)c2nc(-c3cccc(OC)c3)c[nH]2)c1F. The third-order valence-corrected chi connectivity index (χ3v) is 6.49. The molecule has 0 bridgehead atoms. The summed E-state index contributed by atoms with van der Waals surface area (Å²) in [5, 5.41) is 5.28. The number of anilines is 2. The second-order valence-corrected chi connectivity index (χ2v) is 8.90. The van der Waals surface area contributed by atoms with Crippen LogP contribution in [-0.2, 0) is 6.42 Å². The molecule has 0 saturated carbocycles. The number of nitrogens with one attached hydrogen (secondary N) is 2. The molecule has 1 unspecified atom stereocenters. The summed E-state index contributed by atoms with van der Waals surface area (Å²) >= 11 is 0. The van der Waals surface area contributed by atoms with E-state index in [2.05, 4.69) is 15.3 Å². The maximum Gasteiger partial charge on any atom is 0.170 e. The molecule has 7 nitrogen and oxygen atoms in total. The average molecular weight is 512 g/mol. The van der Waals surface area contributed by atoms with E-state index in [1.54, 1.807) is 19.4 Å². The molecule has 5 aromatic rings. The standard InChI is InChI=1S/C30H30FN5O2/c1-4-18-13-24(27(31)26(14-18)38-5-2)28(35-21-9-10-23-19(15-21)11-12-33-29(23)32)30-34-17-25(36-30)20-7-6-8-22(16-20)37-3/h6-17,28,35H,4-5H2,1-3H3,(H2,32,33)(H,34,36). The van der Waals surface area contributed by atoms with Crippen LogP contribution in [0.1, 0.15) is 36.8 Å². The van der Waals surface area contributed by atoms with Crippen LogP contribution in [0, 0.1) is 5.82 Å². The number of halogens is 1. The van der Waals surface area contributed by atoms with Gasteiger partial charge in [-0.15, -0.1) is 0 Å². The van der Waals surface area contributed by atoms with Gasteiger partial charge in [-0.1, -0.05) is 25.1 Å². The number of fused-ring (bicyclic) bond motifs is 1. The summed E-state index contributed by atoms with van der Waals surface area (Å²) in [4.78, 5) is 12.3. The maximum absolute atomic E-state index is 15.9. The topological polar surface area (TPSA) is 98.1 Å². The molecule has 4 N–H and O–H groups in total. The molecule has 0 fully saturated rings. The number of aromatic amines is 1. The van der Waals surface area contributed by atoms with Crippen LogP contribution in [0.5, 0.6) is 11.5 Å². The van der Waals surface area contributed by atoms with Gasteiger partial charge in [0.1, 0.15) is 23.4 Å². The van der Waals surface area contributed by atoms with Crippen molar-refractivity contribution in [1.29, 1.82) is 0 Å². The number of methoxy groups -OCH3 is 1. The number of nitrogen functional groups attached to an aromatic ring is 1. The first kappa shape index (κ1) is 25.1. The van der Waals surface area contributed by atoms with E-state index < -0.39 is 11.9 Å². The van der Waals surface area contributed by atoms with Crippen molar-refractivity contribution in [2.75, 3.05) is 24.8 Å². The molecule has 0 aliphatic rings. The van der Waals surface area contributed by atoms with E-state index in [4.69, 9.17) is 20.2 Å². The Morgan fingerprint density at radius 3 is 2.74 bits per heavy atom. The predicted molar refractivity (Wildman–Crippen MR) is 149 cm³/mol. The molecule has 38 heavy (non-hydrogen) atoms. The Morgan fingerprint density at radius 1 is 1.08 bits per heavy atom. The maximum atomic E-state index is 15.9. The number of aromatic nitrogens is 3. The second kappa shape index (κ2) is 10.8. The summed E-state index contributed by atoms with van der Waals surface area (Å²) in [6.45, 7) is 4.24. The minimum Gasteiger partial charge on any atom is -0.497 e. The van der Waals surface area contributed by atoms with E-state index in [1.807, 2.05) is 74.6 Å². The lowest BCUT2D eigenvalue weighted by Crippen LogP contribution is -2.17. The molecule has 0 aliphatic carbocycles. The van der Waals surface area contributed by atoms with Crippen LogP contribution in [0.2, 0.25) is 0 Å². The smallest absolute Gasteiger partial charge is 0.170 e. The van der Waals surface area contributed by atoms with Gasteiger partial charge in [-0.2, -0.15) is 0 Å². The van der Waals surface area contributed by atoms with Crippen molar-refractivity contribution in [2.24, 2.45) is 0 Å². The van der Waals surface area contributed by atoms with E-state index in [0.29, 0.717) is 23.8 Å². The third kappa shape index (κ3) is 4.98. The summed E-state index contributed by atoms with van der Waals surface area (Å²) in [6, 6.07) is 18.3. The highest BCUT2D eigenvalue weighted by molar-refractivity contribution is 5.93. The number of hydrogen-bond acceptors (Lipinski definition) is 6. The zero-order chi connectivity index (χ0) is 26.6. The minimum absolute atomic E-state index is 0.227. The van der Waals surface area contributed by atoms with Crippen molar-refractivity contribution in [3.63, 3.8) is 0 Å².